The molecule has 4 N–H and O–H groups in total. The molecule has 28 heavy (non-hydrogen) atoms. The minimum Gasteiger partial charge on any atom is -0.481 e. The Kier molecular flexibility index (Phi) is 9.41. The Morgan fingerprint density at radius 1 is 0.750 bits per heavy atom. The average molecular weight is 400 g/mol. The van der Waals surface area contributed by atoms with E-state index in [-0.39, 0.29) is 12.8 Å². The topological polar surface area (TPSA) is 149 Å². The third kappa shape index (κ3) is 6.80. The minimum atomic E-state index is -1.39. The van der Waals surface area contributed by atoms with E-state index in [0.717, 1.165) is 25.7 Å². The summed E-state index contributed by atoms with van der Waals surface area (Å²) >= 11 is 0. The first kappa shape index (κ1) is 23.9. The Hall–Kier alpha value is -2.12. The SMILES string of the molecule is CC1CCC(CCCC(C(=O)O)C(=O)O)C(CCCC(C(=O)O)C(=O)O)C1C. The average Bonchev–Trinajstić information content (AvgIpc) is 2.58. The summed E-state index contributed by atoms with van der Waals surface area (Å²) in [5, 5.41) is 36.0. The van der Waals surface area contributed by atoms with E-state index in [4.69, 9.17) is 20.4 Å². The molecule has 8 heteroatoms. The molecular formula is C20H32O8. The lowest BCUT2D eigenvalue weighted by Crippen LogP contribution is -2.32. The van der Waals surface area contributed by atoms with E-state index in [0.29, 0.717) is 36.5 Å². The highest BCUT2D eigenvalue weighted by atomic mass is 16.4. The summed E-state index contributed by atoms with van der Waals surface area (Å²) in [6.45, 7) is 4.33. The highest BCUT2D eigenvalue weighted by molar-refractivity contribution is 5.93. The van der Waals surface area contributed by atoms with Crippen LogP contribution in [0.3, 0.4) is 0 Å². The number of carbonyl (C=O) groups is 4. The van der Waals surface area contributed by atoms with Crippen LogP contribution in [0.15, 0.2) is 0 Å². The van der Waals surface area contributed by atoms with Gasteiger partial charge in [-0.2, -0.15) is 0 Å². The second kappa shape index (κ2) is 11.0. The third-order valence-corrected chi connectivity index (χ3v) is 6.46. The molecule has 0 spiro atoms. The van der Waals surface area contributed by atoms with E-state index in [2.05, 4.69) is 13.8 Å². The van der Waals surface area contributed by atoms with Gasteiger partial charge in [0.05, 0.1) is 0 Å². The van der Waals surface area contributed by atoms with Gasteiger partial charge in [0.25, 0.3) is 0 Å². The van der Waals surface area contributed by atoms with E-state index < -0.39 is 35.7 Å². The lowest BCUT2D eigenvalue weighted by Gasteiger charge is -2.41. The van der Waals surface area contributed by atoms with Gasteiger partial charge in [-0.05, 0) is 49.4 Å². The molecule has 1 fully saturated rings. The van der Waals surface area contributed by atoms with Crippen LogP contribution in [-0.4, -0.2) is 44.3 Å². The summed E-state index contributed by atoms with van der Waals surface area (Å²) in [6, 6.07) is 0. The Labute approximate surface area is 164 Å². The zero-order chi connectivity index (χ0) is 21.4. The second-order valence-corrected chi connectivity index (χ2v) is 8.16. The molecule has 0 bridgehead atoms. The molecule has 1 aliphatic carbocycles. The number of carboxylic acid groups (broad SMARTS) is 4. The van der Waals surface area contributed by atoms with Crippen molar-refractivity contribution in [2.45, 2.75) is 65.2 Å². The number of aliphatic carboxylic acids is 4. The molecule has 0 radical (unpaired) electrons. The summed E-state index contributed by atoms with van der Waals surface area (Å²) in [6.07, 6.45) is 4.70. The van der Waals surface area contributed by atoms with Crippen LogP contribution in [0.2, 0.25) is 0 Å². The molecule has 0 amide bonds. The Morgan fingerprint density at radius 3 is 1.61 bits per heavy atom. The quantitative estimate of drug-likeness (QED) is 0.365. The molecule has 160 valence electrons. The van der Waals surface area contributed by atoms with E-state index in [9.17, 15) is 19.2 Å². The van der Waals surface area contributed by atoms with Gasteiger partial charge in [0.1, 0.15) is 0 Å². The fraction of sp³-hybridized carbons (Fsp3) is 0.800. The van der Waals surface area contributed by atoms with Crippen LogP contribution in [0.25, 0.3) is 0 Å². The molecule has 1 aliphatic rings. The van der Waals surface area contributed by atoms with Gasteiger partial charge in [0.2, 0.25) is 0 Å². The predicted octanol–water partition coefficient (Wildman–Crippen LogP) is 3.20. The predicted molar refractivity (Wildman–Crippen MR) is 99.8 cm³/mol. The Bertz CT molecular complexity index is 545. The van der Waals surface area contributed by atoms with Crippen molar-refractivity contribution < 1.29 is 39.6 Å². The number of carboxylic acids is 4. The van der Waals surface area contributed by atoms with Crippen LogP contribution in [0.1, 0.15) is 65.2 Å². The summed E-state index contributed by atoms with van der Waals surface area (Å²) in [5.74, 6) is -6.49. The number of rotatable bonds is 12. The van der Waals surface area contributed by atoms with E-state index in [1.165, 1.54) is 0 Å². The maximum atomic E-state index is 11.0. The summed E-state index contributed by atoms with van der Waals surface area (Å²) in [5.41, 5.74) is 0. The molecule has 0 aromatic rings. The van der Waals surface area contributed by atoms with Gasteiger partial charge < -0.3 is 20.4 Å². The van der Waals surface area contributed by atoms with Gasteiger partial charge in [-0.15, -0.1) is 0 Å². The van der Waals surface area contributed by atoms with E-state index in [1.54, 1.807) is 0 Å². The Morgan fingerprint density at radius 2 is 1.18 bits per heavy atom. The van der Waals surface area contributed by atoms with Crippen LogP contribution in [-0.2, 0) is 19.2 Å². The van der Waals surface area contributed by atoms with Crippen molar-refractivity contribution in [2.75, 3.05) is 0 Å². The fourth-order valence-electron chi connectivity index (χ4n) is 4.51. The molecule has 4 atom stereocenters. The second-order valence-electron chi connectivity index (χ2n) is 8.16. The van der Waals surface area contributed by atoms with Crippen molar-refractivity contribution in [3.8, 4) is 0 Å². The van der Waals surface area contributed by atoms with Crippen LogP contribution < -0.4 is 0 Å². The molecular weight excluding hydrogens is 368 g/mol. The van der Waals surface area contributed by atoms with Crippen LogP contribution in [0, 0.1) is 35.5 Å². The minimum absolute atomic E-state index is 0.0924. The molecule has 0 heterocycles. The smallest absolute Gasteiger partial charge is 0.317 e. The fourth-order valence-corrected chi connectivity index (χ4v) is 4.51. The van der Waals surface area contributed by atoms with Crippen molar-refractivity contribution in [3.05, 3.63) is 0 Å². The Balaban J connectivity index is 2.65. The normalized spacial score (nSPS) is 25.0. The molecule has 4 unspecified atom stereocenters. The molecule has 0 aromatic carbocycles. The lowest BCUT2D eigenvalue weighted by atomic mass is 9.65. The number of hydrogen-bond donors (Lipinski definition) is 4. The molecule has 1 rings (SSSR count). The first-order chi connectivity index (χ1) is 13.1. The van der Waals surface area contributed by atoms with Crippen molar-refractivity contribution in [2.24, 2.45) is 35.5 Å². The van der Waals surface area contributed by atoms with Crippen LogP contribution >= 0.6 is 0 Å². The standard InChI is InChI=1S/C20H32O8/c1-11-9-10-13(5-3-7-15(17(21)22)18(23)24)14(12(11)2)6-4-8-16(19(25)26)20(27)28/h11-16H,3-10H2,1-2H3,(H,21,22)(H,23,24)(H,25,26)(H,27,28). The molecule has 1 saturated carbocycles. The zero-order valence-corrected chi connectivity index (χ0v) is 16.5. The van der Waals surface area contributed by atoms with Crippen LogP contribution in [0.4, 0.5) is 0 Å². The monoisotopic (exact) mass is 400 g/mol. The summed E-state index contributed by atoms with van der Waals surface area (Å²) in [4.78, 5) is 44.1. The first-order valence-corrected chi connectivity index (χ1v) is 9.97. The van der Waals surface area contributed by atoms with E-state index >= 15 is 0 Å². The molecule has 0 saturated heterocycles. The van der Waals surface area contributed by atoms with Crippen molar-refractivity contribution in [1.29, 1.82) is 0 Å². The van der Waals surface area contributed by atoms with Gasteiger partial charge in [-0.3, -0.25) is 19.2 Å². The molecule has 8 nitrogen and oxygen atoms in total. The summed E-state index contributed by atoms with van der Waals surface area (Å²) in [7, 11) is 0. The van der Waals surface area contributed by atoms with Gasteiger partial charge >= 0.3 is 23.9 Å². The number of hydrogen-bond acceptors (Lipinski definition) is 4. The van der Waals surface area contributed by atoms with Crippen molar-refractivity contribution in [1.82, 2.24) is 0 Å². The highest BCUT2D eigenvalue weighted by Gasteiger charge is 2.35. The van der Waals surface area contributed by atoms with Gasteiger partial charge in [-0.1, -0.05) is 39.5 Å². The van der Waals surface area contributed by atoms with Crippen molar-refractivity contribution in [3.63, 3.8) is 0 Å². The lowest BCUT2D eigenvalue weighted by molar-refractivity contribution is -0.157. The maximum absolute atomic E-state index is 11.0. The van der Waals surface area contributed by atoms with Crippen LogP contribution in [0.5, 0.6) is 0 Å². The summed E-state index contributed by atoms with van der Waals surface area (Å²) < 4.78 is 0. The van der Waals surface area contributed by atoms with Crippen molar-refractivity contribution >= 4 is 23.9 Å². The van der Waals surface area contributed by atoms with Gasteiger partial charge in [0, 0.05) is 0 Å². The van der Waals surface area contributed by atoms with Gasteiger partial charge in [0.15, 0.2) is 11.8 Å². The highest BCUT2D eigenvalue weighted by Crippen LogP contribution is 2.43. The van der Waals surface area contributed by atoms with Gasteiger partial charge in [-0.25, -0.2) is 0 Å². The third-order valence-electron chi connectivity index (χ3n) is 6.46. The van der Waals surface area contributed by atoms with E-state index in [1.807, 2.05) is 0 Å². The molecule has 0 aliphatic heterocycles. The zero-order valence-electron chi connectivity index (χ0n) is 16.5. The molecule has 0 aromatic heterocycles. The maximum Gasteiger partial charge on any atom is 0.317 e. The largest absolute Gasteiger partial charge is 0.481 e. The first-order valence-electron chi connectivity index (χ1n) is 9.97.